The SMILES string of the molecule is NC1=CN=C(Oc2cccc(C(F)(F)F)c2)S1(=O)=O. The van der Waals surface area contributed by atoms with E-state index in [0.717, 1.165) is 18.3 Å². The van der Waals surface area contributed by atoms with Crippen LogP contribution in [0.1, 0.15) is 5.56 Å². The molecule has 0 unspecified atom stereocenters. The molecule has 2 N–H and O–H groups in total. The van der Waals surface area contributed by atoms with Gasteiger partial charge in [-0.1, -0.05) is 6.07 Å². The molecule has 0 saturated carbocycles. The molecule has 1 heterocycles. The molecular formula is C10H7F3N2O3S. The van der Waals surface area contributed by atoms with E-state index in [1.165, 1.54) is 6.07 Å². The predicted molar refractivity (Wildman–Crippen MR) is 60.7 cm³/mol. The standard InChI is InChI=1S/C10H7F3N2O3S/c11-10(12,13)6-2-1-3-7(4-6)18-9-15-5-8(14)19(9,16)17/h1-5H,14H2. The maximum Gasteiger partial charge on any atom is 0.416 e. The van der Waals surface area contributed by atoms with Crippen LogP contribution >= 0.6 is 0 Å². The van der Waals surface area contributed by atoms with Crippen LogP contribution < -0.4 is 10.5 Å². The van der Waals surface area contributed by atoms with Crippen molar-refractivity contribution in [2.75, 3.05) is 0 Å². The van der Waals surface area contributed by atoms with Crippen LogP contribution in [0.2, 0.25) is 0 Å². The molecule has 2 rings (SSSR count). The minimum Gasteiger partial charge on any atom is -0.430 e. The van der Waals surface area contributed by atoms with Gasteiger partial charge in [0.25, 0.3) is 9.84 Å². The molecule has 9 heteroatoms. The van der Waals surface area contributed by atoms with Crippen LogP contribution in [-0.4, -0.2) is 13.6 Å². The topological polar surface area (TPSA) is 81.8 Å². The van der Waals surface area contributed by atoms with E-state index in [2.05, 4.69) is 4.99 Å². The Morgan fingerprint density at radius 3 is 2.47 bits per heavy atom. The number of benzene rings is 1. The second-order valence-electron chi connectivity index (χ2n) is 3.56. The van der Waals surface area contributed by atoms with E-state index in [9.17, 15) is 21.6 Å². The highest BCUT2D eigenvalue weighted by Crippen LogP contribution is 2.31. The van der Waals surface area contributed by atoms with E-state index in [4.69, 9.17) is 10.5 Å². The van der Waals surface area contributed by atoms with Gasteiger partial charge in [-0.25, -0.2) is 13.4 Å². The van der Waals surface area contributed by atoms with E-state index in [1.807, 2.05) is 0 Å². The molecule has 0 spiro atoms. The largest absolute Gasteiger partial charge is 0.430 e. The van der Waals surface area contributed by atoms with Crippen LogP contribution in [0.4, 0.5) is 13.2 Å². The zero-order valence-electron chi connectivity index (χ0n) is 9.18. The summed E-state index contributed by atoms with van der Waals surface area (Å²) in [5.74, 6) is -0.291. The minimum absolute atomic E-state index is 0.291. The van der Waals surface area contributed by atoms with Crippen molar-refractivity contribution >= 4 is 15.1 Å². The first-order valence-corrected chi connectivity index (χ1v) is 6.33. The molecule has 0 bridgehead atoms. The van der Waals surface area contributed by atoms with Crippen LogP contribution in [0.5, 0.6) is 5.75 Å². The van der Waals surface area contributed by atoms with Crippen molar-refractivity contribution < 1.29 is 26.3 Å². The van der Waals surface area contributed by atoms with Crippen LogP contribution in [0, 0.1) is 0 Å². The summed E-state index contributed by atoms with van der Waals surface area (Å²) >= 11 is 0. The molecular weight excluding hydrogens is 285 g/mol. The Balaban J connectivity index is 2.28. The summed E-state index contributed by atoms with van der Waals surface area (Å²) in [7, 11) is -4.03. The highest BCUT2D eigenvalue weighted by Gasteiger charge is 2.33. The molecule has 102 valence electrons. The fraction of sp³-hybridized carbons (Fsp3) is 0.100. The van der Waals surface area contributed by atoms with E-state index in [1.54, 1.807) is 0 Å². The molecule has 0 amide bonds. The van der Waals surface area contributed by atoms with Gasteiger partial charge >= 0.3 is 11.4 Å². The number of aliphatic imine (C=N–C) groups is 1. The number of halogens is 3. The summed E-state index contributed by atoms with van der Waals surface area (Å²) in [6.07, 6.45) is -3.69. The highest BCUT2D eigenvalue weighted by molar-refractivity contribution is 8.09. The molecule has 19 heavy (non-hydrogen) atoms. The van der Waals surface area contributed by atoms with Gasteiger partial charge < -0.3 is 10.5 Å². The smallest absolute Gasteiger partial charge is 0.416 e. The Labute approximate surface area is 106 Å². The molecule has 5 nitrogen and oxygen atoms in total. The third-order valence-corrected chi connectivity index (χ3v) is 3.58. The number of nitrogens with zero attached hydrogens (tertiary/aromatic N) is 1. The zero-order chi connectivity index (χ0) is 14.3. The van der Waals surface area contributed by atoms with Crippen molar-refractivity contribution in [1.82, 2.24) is 0 Å². The molecule has 0 radical (unpaired) electrons. The average Bonchev–Trinajstić information content (AvgIpc) is 2.55. The molecule has 1 aliphatic heterocycles. The Bertz CT molecular complexity index is 678. The molecule has 1 aliphatic rings. The number of alkyl halides is 3. The predicted octanol–water partition coefficient (Wildman–Crippen LogP) is 1.63. The summed E-state index contributed by atoms with van der Waals surface area (Å²) in [6.45, 7) is 0. The van der Waals surface area contributed by atoms with Crippen molar-refractivity contribution in [1.29, 1.82) is 0 Å². The number of nitrogens with two attached hydrogens (primary N) is 1. The van der Waals surface area contributed by atoms with Gasteiger partial charge in [0.1, 0.15) is 5.75 Å². The monoisotopic (exact) mass is 292 g/mol. The maximum atomic E-state index is 12.5. The molecule has 0 fully saturated rings. The summed E-state index contributed by atoms with van der Waals surface area (Å²) < 4.78 is 65.2. The van der Waals surface area contributed by atoms with Crippen molar-refractivity contribution in [3.8, 4) is 5.75 Å². The maximum absolute atomic E-state index is 12.5. The summed E-state index contributed by atoms with van der Waals surface area (Å²) in [5, 5.41) is -1.26. The lowest BCUT2D eigenvalue weighted by atomic mass is 10.2. The Morgan fingerprint density at radius 2 is 1.95 bits per heavy atom. The molecule has 1 aromatic rings. The van der Waals surface area contributed by atoms with E-state index < -0.39 is 31.8 Å². The Kier molecular flexibility index (Phi) is 3.01. The van der Waals surface area contributed by atoms with Crippen LogP contribution in [0.3, 0.4) is 0 Å². The number of sulfone groups is 1. The van der Waals surface area contributed by atoms with Crippen molar-refractivity contribution in [3.63, 3.8) is 0 Å². The van der Waals surface area contributed by atoms with Gasteiger partial charge in [0.2, 0.25) is 0 Å². The number of hydrogen-bond donors (Lipinski definition) is 1. The first kappa shape index (κ1) is 13.4. The fourth-order valence-corrected chi connectivity index (χ4v) is 2.06. The first-order valence-electron chi connectivity index (χ1n) is 4.85. The zero-order valence-corrected chi connectivity index (χ0v) is 9.99. The average molecular weight is 292 g/mol. The summed E-state index contributed by atoms with van der Waals surface area (Å²) in [5.41, 5.74) is 4.20. The molecule has 0 saturated heterocycles. The van der Waals surface area contributed by atoms with Crippen molar-refractivity contribution in [2.45, 2.75) is 6.18 Å². The third kappa shape index (κ3) is 2.55. The summed E-state index contributed by atoms with van der Waals surface area (Å²) in [6, 6.07) is 3.79. The molecule has 1 aromatic carbocycles. The molecule has 0 atom stereocenters. The summed E-state index contributed by atoms with van der Waals surface area (Å²) in [4.78, 5) is 3.39. The lowest BCUT2D eigenvalue weighted by Crippen LogP contribution is -2.22. The van der Waals surface area contributed by atoms with Gasteiger partial charge in [-0.15, -0.1) is 0 Å². The Hall–Kier alpha value is -2.03. The Morgan fingerprint density at radius 1 is 1.26 bits per heavy atom. The van der Waals surface area contributed by atoms with E-state index >= 15 is 0 Å². The lowest BCUT2D eigenvalue weighted by molar-refractivity contribution is -0.137. The quantitative estimate of drug-likeness (QED) is 0.852. The van der Waals surface area contributed by atoms with Crippen LogP contribution in [0.25, 0.3) is 0 Å². The van der Waals surface area contributed by atoms with Crippen LogP contribution in [0.15, 0.2) is 40.5 Å². The van der Waals surface area contributed by atoms with Gasteiger partial charge in [-0.2, -0.15) is 13.2 Å². The third-order valence-electron chi connectivity index (χ3n) is 2.20. The van der Waals surface area contributed by atoms with Gasteiger partial charge in [-0.05, 0) is 18.2 Å². The molecule has 0 aliphatic carbocycles. The van der Waals surface area contributed by atoms with Crippen molar-refractivity contribution in [3.05, 3.63) is 41.1 Å². The lowest BCUT2D eigenvalue weighted by Gasteiger charge is -2.09. The van der Waals surface area contributed by atoms with E-state index in [-0.39, 0.29) is 5.75 Å². The van der Waals surface area contributed by atoms with Gasteiger partial charge in [0.15, 0.2) is 5.03 Å². The highest BCUT2D eigenvalue weighted by atomic mass is 32.2. The number of ether oxygens (including phenoxy) is 1. The van der Waals surface area contributed by atoms with Crippen LogP contribution in [-0.2, 0) is 16.0 Å². The van der Waals surface area contributed by atoms with Gasteiger partial charge in [0, 0.05) is 0 Å². The van der Waals surface area contributed by atoms with E-state index in [0.29, 0.717) is 6.07 Å². The molecule has 0 aromatic heterocycles. The van der Waals surface area contributed by atoms with Crippen molar-refractivity contribution in [2.24, 2.45) is 10.7 Å². The normalized spacial score (nSPS) is 17.8. The van der Waals surface area contributed by atoms with Gasteiger partial charge in [-0.3, -0.25) is 0 Å². The number of rotatable bonds is 1. The minimum atomic E-state index is -4.55. The first-order chi connectivity index (χ1) is 8.71. The fourth-order valence-electron chi connectivity index (χ4n) is 1.27. The van der Waals surface area contributed by atoms with Gasteiger partial charge in [0.05, 0.1) is 11.8 Å². The second-order valence-corrected chi connectivity index (χ2v) is 5.39. The number of hydrogen-bond acceptors (Lipinski definition) is 5. The second kappa shape index (κ2) is 4.26.